The molecular weight excluding hydrogens is 244 g/mol. The number of aliphatic hydroxyl groups is 1. The van der Waals surface area contributed by atoms with E-state index in [9.17, 15) is 4.79 Å². The van der Waals surface area contributed by atoms with Crippen molar-refractivity contribution >= 4 is 11.7 Å². The van der Waals surface area contributed by atoms with Crippen LogP contribution in [-0.2, 0) is 0 Å². The molecule has 19 heavy (non-hydrogen) atoms. The topological polar surface area (TPSA) is 70.6 Å². The lowest BCUT2D eigenvalue weighted by Crippen LogP contribution is -2.48. The van der Waals surface area contributed by atoms with Gasteiger partial charge in [0.15, 0.2) is 0 Å². The van der Waals surface area contributed by atoms with E-state index < -0.39 is 5.54 Å². The molecular formula is C14H22N2O3. The fourth-order valence-corrected chi connectivity index (χ4v) is 1.41. The van der Waals surface area contributed by atoms with Crippen LogP contribution in [0.15, 0.2) is 24.3 Å². The first-order valence-corrected chi connectivity index (χ1v) is 6.40. The van der Waals surface area contributed by atoms with Gasteiger partial charge in [-0.3, -0.25) is 0 Å². The second-order valence-electron chi connectivity index (χ2n) is 4.97. The average molecular weight is 266 g/mol. The summed E-state index contributed by atoms with van der Waals surface area (Å²) in [5, 5.41) is 14.5. The van der Waals surface area contributed by atoms with E-state index in [0.717, 1.165) is 6.42 Å². The second kappa shape index (κ2) is 6.99. The van der Waals surface area contributed by atoms with Crippen molar-refractivity contribution in [2.24, 2.45) is 0 Å². The molecule has 5 nitrogen and oxygen atoms in total. The third-order valence-electron chi connectivity index (χ3n) is 2.44. The van der Waals surface area contributed by atoms with Gasteiger partial charge >= 0.3 is 6.03 Å². The van der Waals surface area contributed by atoms with E-state index in [4.69, 9.17) is 9.84 Å². The third kappa shape index (κ3) is 5.18. The van der Waals surface area contributed by atoms with Gasteiger partial charge < -0.3 is 20.5 Å². The molecule has 0 fully saturated rings. The van der Waals surface area contributed by atoms with Crippen LogP contribution in [-0.4, -0.2) is 29.9 Å². The maximum absolute atomic E-state index is 11.8. The molecule has 0 saturated heterocycles. The molecule has 0 bridgehead atoms. The van der Waals surface area contributed by atoms with Crippen molar-refractivity contribution in [3.8, 4) is 5.75 Å². The highest BCUT2D eigenvalue weighted by Crippen LogP contribution is 2.23. The Bertz CT molecular complexity index is 419. The van der Waals surface area contributed by atoms with Crippen LogP contribution in [0.25, 0.3) is 0 Å². The highest BCUT2D eigenvalue weighted by Gasteiger charge is 2.19. The molecule has 5 heteroatoms. The van der Waals surface area contributed by atoms with Crippen molar-refractivity contribution in [2.45, 2.75) is 32.7 Å². The van der Waals surface area contributed by atoms with Crippen LogP contribution in [0.3, 0.4) is 0 Å². The van der Waals surface area contributed by atoms with E-state index in [0.29, 0.717) is 18.0 Å². The number of amides is 2. The van der Waals surface area contributed by atoms with Crippen LogP contribution < -0.4 is 15.4 Å². The molecule has 0 radical (unpaired) electrons. The SMILES string of the molecule is CCCOc1ccccc1NC(=O)NC(C)(C)CO. The van der Waals surface area contributed by atoms with Crippen LogP contribution in [0.2, 0.25) is 0 Å². The van der Waals surface area contributed by atoms with Crippen LogP contribution in [0.5, 0.6) is 5.75 Å². The number of aliphatic hydroxyl groups excluding tert-OH is 1. The van der Waals surface area contributed by atoms with Crippen LogP contribution in [0.4, 0.5) is 10.5 Å². The van der Waals surface area contributed by atoms with Crippen molar-refractivity contribution in [3.05, 3.63) is 24.3 Å². The van der Waals surface area contributed by atoms with Crippen molar-refractivity contribution in [3.63, 3.8) is 0 Å². The molecule has 0 unspecified atom stereocenters. The molecule has 0 heterocycles. The van der Waals surface area contributed by atoms with Gasteiger partial charge in [0.1, 0.15) is 5.75 Å². The lowest BCUT2D eigenvalue weighted by atomic mass is 10.1. The van der Waals surface area contributed by atoms with Gasteiger partial charge in [-0.2, -0.15) is 0 Å². The summed E-state index contributed by atoms with van der Waals surface area (Å²) < 4.78 is 5.55. The average Bonchev–Trinajstić information content (AvgIpc) is 2.37. The van der Waals surface area contributed by atoms with Crippen molar-refractivity contribution < 1.29 is 14.6 Å². The lowest BCUT2D eigenvalue weighted by molar-refractivity contribution is 0.187. The smallest absolute Gasteiger partial charge is 0.319 e. The van der Waals surface area contributed by atoms with Gasteiger partial charge in [0.25, 0.3) is 0 Å². The zero-order chi connectivity index (χ0) is 14.3. The highest BCUT2D eigenvalue weighted by atomic mass is 16.5. The predicted molar refractivity (Wildman–Crippen MR) is 75.5 cm³/mol. The maximum atomic E-state index is 11.8. The van der Waals surface area contributed by atoms with Gasteiger partial charge in [-0.15, -0.1) is 0 Å². The number of carbonyl (C=O) groups is 1. The molecule has 0 saturated carbocycles. The number of carbonyl (C=O) groups excluding carboxylic acids is 1. The van der Waals surface area contributed by atoms with Crippen LogP contribution >= 0.6 is 0 Å². The van der Waals surface area contributed by atoms with Gasteiger partial charge in [-0.05, 0) is 32.4 Å². The molecule has 0 aliphatic rings. The fourth-order valence-electron chi connectivity index (χ4n) is 1.41. The monoisotopic (exact) mass is 266 g/mol. The molecule has 106 valence electrons. The first-order chi connectivity index (χ1) is 8.98. The van der Waals surface area contributed by atoms with Gasteiger partial charge in [0.2, 0.25) is 0 Å². The normalized spacial score (nSPS) is 10.9. The van der Waals surface area contributed by atoms with E-state index in [1.54, 1.807) is 19.9 Å². The maximum Gasteiger partial charge on any atom is 0.319 e. The molecule has 0 aromatic heterocycles. The van der Waals surface area contributed by atoms with Crippen LogP contribution in [0.1, 0.15) is 27.2 Å². The van der Waals surface area contributed by atoms with Gasteiger partial charge in [0, 0.05) is 0 Å². The number of nitrogens with one attached hydrogen (secondary N) is 2. The first kappa shape index (κ1) is 15.3. The Morgan fingerprint density at radius 2 is 2.05 bits per heavy atom. The van der Waals surface area contributed by atoms with Crippen molar-refractivity contribution in [1.29, 1.82) is 0 Å². The molecule has 1 rings (SSSR count). The van der Waals surface area contributed by atoms with Gasteiger partial charge in [0.05, 0.1) is 24.4 Å². The number of ether oxygens (including phenoxy) is 1. The predicted octanol–water partition coefficient (Wildman–Crippen LogP) is 2.37. The summed E-state index contributed by atoms with van der Waals surface area (Å²) in [6.07, 6.45) is 0.901. The number of benzene rings is 1. The summed E-state index contributed by atoms with van der Waals surface area (Å²) in [4.78, 5) is 11.8. The number of rotatable bonds is 6. The molecule has 0 atom stereocenters. The Labute approximate surface area is 114 Å². The highest BCUT2D eigenvalue weighted by molar-refractivity contribution is 5.91. The summed E-state index contributed by atoms with van der Waals surface area (Å²) in [5.41, 5.74) is -0.0503. The molecule has 1 aromatic rings. The molecule has 0 aliphatic carbocycles. The van der Waals surface area contributed by atoms with E-state index in [1.807, 2.05) is 25.1 Å². The van der Waals surface area contributed by atoms with E-state index in [1.165, 1.54) is 0 Å². The number of hydrogen-bond donors (Lipinski definition) is 3. The second-order valence-corrected chi connectivity index (χ2v) is 4.97. The Hall–Kier alpha value is -1.75. The van der Waals surface area contributed by atoms with E-state index >= 15 is 0 Å². The minimum atomic E-state index is -0.663. The molecule has 1 aromatic carbocycles. The Morgan fingerprint density at radius 1 is 1.37 bits per heavy atom. The van der Waals surface area contributed by atoms with Crippen molar-refractivity contribution in [1.82, 2.24) is 5.32 Å². The summed E-state index contributed by atoms with van der Waals surface area (Å²) >= 11 is 0. The summed E-state index contributed by atoms with van der Waals surface area (Å²) in [7, 11) is 0. The molecule has 2 amide bonds. The molecule has 0 aliphatic heterocycles. The standard InChI is InChI=1S/C14H22N2O3/c1-4-9-19-12-8-6-5-7-11(12)15-13(18)16-14(2,3)10-17/h5-8,17H,4,9-10H2,1-3H3,(H2,15,16,18). The van der Waals surface area contributed by atoms with Crippen LogP contribution in [0, 0.1) is 0 Å². The summed E-state index contributed by atoms with van der Waals surface area (Å²) in [6, 6.07) is 6.89. The summed E-state index contributed by atoms with van der Waals surface area (Å²) in [5.74, 6) is 0.640. The first-order valence-electron chi connectivity index (χ1n) is 6.40. The Morgan fingerprint density at radius 3 is 2.68 bits per heavy atom. The zero-order valence-corrected chi connectivity index (χ0v) is 11.7. The number of anilines is 1. The fraction of sp³-hybridized carbons (Fsp3) is 0.500. The molecule has 0 spiro atoms. The number of para-hydroxylation sites is 2. The van der Waals surface area contributed by atoms with E-state index in [-0.39, 0.29) is 12.6 Å². The third-order valence-corrected chi connectivity index (χ3v) is 2.44. The summed E-state index contributed by atoms with van der Waals surface area (Å²) in [6.45, 7) is 5.97. The van der Waals surface area contributed by atoms with Gasteiger partial charge in [-0.25, -0.2) is 4.79 Å². The Balaban J connectivity index is 2.68. The quantitative estimate of drug-likeness (QED) is 0.740. The minimum absolute atomic E-state index is 0.131. The minimum Gasteiger partial charge on any atom is -0.491 e. The lowest BCUT2D eigenvalue weighted by Gasteiger charge is -2.24. The van der Waals surface area contributed by atoms with E-state index in [2.05, 4.69) is 10.6 Å². The van der Waals surface area contributed by atoms with Gasteiger partial charge in [-0.1, -0.05) is 19.1 Å². The largest absolute Gasteiger partial charge is 0.491 e. The van der Waals surface area contributed by atoms with Crippen molar-refractivity contribution in [2.75, 3.05) is 18.5 Å². The zero-order valence-electron chi connectivity index (χ0n) is 11.7. The molecule has 3 N–H and O–H groups in total. The Kier molecular flexibility index (Phi) is 5.63. The number of hydrogen-bond acceptors (Lipinski definition) is 3. The number of urea groups is 1.